The summed E-state index contributed by atoms with van der Waals surface area (Å²) in [5.41, 5.74) is 1.40. The van der Waals surface area contributed by atoms with Crippen molar-refractivity contribution in [3.63, 3.8) is 0 Å². The first-order valence-corrected chi connectivity index (χ1v) is 6.69. The highest BCUT2D eigenvalue weighted by atomic mass is 16.5. The Morgan fingerprint density at radius 1 is 1.24 bits per heavy atom. The zero-order valence-corrected chi connectivity index (χ0v) is 11.1. The molecule has 0 radical (unpaired) electrons. The molecule has 17 heavy (non-hydrogen) atoms. The van der Waals surface area contributed by atoms with Gasteiger partial charge in [-0.2, -0.15) is 0 Å². The molecular formula is C15H25NO. The van der Waals surface area contributed by atoms with Crippen molar-refractivity contribution in [1.29, 1.82) is 0 Å². The molecule has 0 aromatic heterocycles. The van der Waals surface area contributed by atoms with Gasteiger partial charge in [0.05, 0.1) is 6.10 Å². The monoisotopic (exact) mass is 235 g/mol. The Morgan fingerprint density at radius 3 is 2.71 bits per heavy atom. The Morgan fingerprint density at radius 2 is 2.00 bits per heavy atom. The molecule has 0 saturated heterocycles. The number of ether oxygens (including phenoxy) is 1. The van der Waals surface area contributed by atoms with E-state index in [1.165, 1.54) is 5.56 Å². The second-order valence-corrected chi connectivity index (χ2v) is 4.41. The Bertz CT molecular complexity index is 274. The maximum absolute atomic E-state index is 5.77. The van der Waals surface area contributed by atoms with Crippen LogP contribution in [0.1, 0.15) is 32.3 Å². The maximum Gasteiger partial charge on any atom is 0.0559 e. The van der Waals surface area contributed by atoms with E-state index in [-0.39, 0.29) is 0 Å². The zero-order chi connectivity index (χ0) is 12.3. The van der Waals surface area contributed by atoms with Gasteiger partial charge in [0.1, 0.15) is 0 Å². The molecule has 1 aromatic carbocycles. The van der Waals surface area contributed by atoms with Crippen LogP contribution >= 0.6 is 0 Å². The van der Waals surface area contributed by atoms with Gasteiger partial charge >= 0.3 is 0 Å². The molecule has 0 spiro atoms. The summed E-state index contributed by atoms with van der Waals surface area (Å²) in [5, 5.41) is 3.32. The first kappa shape index (κ1) is 14.2. The summed E-state index contributed by atoms with van der Waals surface area (Å²) < 4.78 is 5.77. The molecule has 1 aromatic rings. The van der Waals surface area contributed by atoms with Gasteiger partial charge in [0.25, 0.3) is 0 Å². The third kappa shape index (κ3) is 7.14. The van der Waals surface area contributed by atoms with Crippen LogP contribution in [-0.4, -0.2) is 25.8 Å². The van der Waals surface area contributed by atoms with Crippen LogP contribution in [0.3, 0.4) is 0 Å². The lowest BCUT2D eigenvalue weighted by Gasteiger charge is -2.13. The normalized spacial score (nSPS) is 12.6. The minimum absolute atomic E-state index is 0.366. The standard InChI is InChI=1S/C15H25NO/c1-3-16-12-11-14(2)17-13-7-10-15-8-5-4-6-9-15/h4-6,8-9,14,16H,3,7,10-13H2,1-2H3. The van der Waals surface area contributed by atoms with Gasteiger partial charge in [0, 0.05) is 6.61 Å². The van der Waals surface area contributed by atoms with Gasteiger partial charge in [-0.05, 0) is 44.8 Å². The summed E-state index contributed by atoms with van der Waals surface area (Å²) in [6.07, 6.45) is 3.68. The van der Waals surface area contributed by atoms with Gasteiger partial charge < -0.3 is 10.1 Å². The minimum atomic E-state index is 0.366. The van der Waals surface area contributed by atoms with Crippen LogP contribution in [0.5, 0.6) is 0 Å². The molecule has 0 aliphatic carbocycles. The van der Waals surface area contributed by atoms with Crippen molar-refractivity contribution < 1.29 is 4.74 Å². The molecule has 96 valence electrons. The lowest BCUT2D eigenvalue weighted by Crippen LogP contribution is -2.20. The van der Waals surface area contributed by atoms with Crippen LogP contribution < -0.4 is 5.32 Å². The third-order valence-electron chi connectivity index (χ3n) is 2.83. The highest BCUT2D eigenvalue weighted by molar-refractivity contribution is 5.14. The molecule has 1 unspecified atom stereocenters. The molecule has 1 rings (SSSR count). The highest BCUT2D eigenvalue weighted by Gasteiger charge is 2.01. The summed E-state index contributed by atoms with van der Waals surface area (Å²) in [5.74, 6) is 0. The minimum Gasteiger partial charge on any atom is -0.378 e. The second kappa shape index (κ2) is 9.20. The highest BCUT2D eigenvalue weighted by Crippen LogP contribution is 2.04. The molecule has 1 atom stereocenters. The number of nitrogens with one attached hydrogen (secondary N) is 1. The van der Waals surface area contributed by atoms with Crippen LogP contribution in [0.2, 0.25) is 0 Å². The molecule has 0 heterocycles. The first-order chi connectivity index (χ1) is 8.33. The maximum atomic E-state index is 5.77. The Balaban J connectivity index is 2.00. The molecule has 0 saturated carbocycles. The SMILES string of the molecule is CCNCCC(C)OCCCc1ccccc1. The number of benzene rings is 1. The van der Waals surface area contributed by atoms with Crippen LogP contribution in [-0.2, 0) is 11.2 Å². The molecule has 0 aliphatic rings. The molecule has 1 N–H and O–H groups in total. The third-order valence-corrected chi connectivity index (χ3v) is 2.83. The molecule has 0 fully saturated rings. The number of rotatable bonds is 9. The lowest BCUT2D eigenvalue weighted by atomic mass is 10.1. The molecule has 0 bridgehead atoms. The van der Waals surface area contributed by atoms with E-state index in [1.54, 1.807) is 0 Å². The molecule has 2 heteroatoms. The van der Waals surface area contributed by atoms with E-state index in [0.29, 0.717) is 6.10 Å². The quantitative estimate of drug-likeness (QED) is 0.664. The van der Waals surface area contributed by atoms with E-state index in [4.69, 9.17) is 4.74 Å². The summed E-state index contributed by atoms with van der Waals surface area (Å²) >= 11 is 0. The van der Waals surface area contributed by atoms with Gasteiger partial charge in [-0.3, -0.25) is 0 Å². The van der Waals surface area contributed by atoms with Crippen LogP contribution in [0.25, 0.3) is 0 Å². The van der Waals surface area contributed by atoms with E-state index < -0.39 is 0 Å². The number of hydrogen-bond acceptors (Lipinski definition) is 2. The summed E-state index contributed by atoms with van der Waals surface area (Å²) in [7, 11) is 0. The number of hydrogen-bond donors (Lipinski definition) is 1. The van der Waals surface area contributed by atoms with Gasteiger partial charge in [-0.25, -0.2) is 0 Å². The molecular weight excluding hydrogens is 210 g/mol. The Labute approximate surface area is 105 Å². The molecule has 0 amide bonds. The zero-order valence-electron chi connectivity index (χ0n) is 11.1. The first-order valence-electron chi connectivity index (χ1n) is 6.69. The van der Waals surface area contributed by atoms with Crippen molar-refractivity contribution in [2.24, 2.45) is 0 Å². The largest absolute Gasteiger partial charge is 0.378 e. The van der Waals surface area contributed by atoms with Crippen LogP contribution in [0, 0.1) is 0 Å². The molecule has 0 aliphatic heterocycles. The summed E-state index contributed by atoms with van der Waals surface area (Å²) in [4.78, 5) is 0. The fourth-order valence-corrected chi connectivity index (χ4v) is 1.77. The predicted octanol–water partition coefficient (Wildman–Crippen LogP) is 3.02. The lowest BCUT2D eigenvalue weighted by molar-refractivity contribution is 0.0591. The molecule has 2 nitrogen and oxygen atoms in total. The van der Waals surface area contributed by atoms with Crippen molar-refractivity contribution in [3.8, 4) is 0 Å². The Hall–Kier alpha value is -0.860. The van der Waals surface area contributed by atoms with Crippen LogP contribution in [0.15, 0.2) is 30.3 Å². The van der Waals surface area contributed by atoms with Gasteiger partial charge in [-0.15, -0.1) is 0 Å². The van der Waals surface area contributed by atoms with E-state index in [1.807, 2.05) is 0 Å². The van der Waals surface area contributed by atoms with Crippen molar-refractivity contribution >= 4 is 0 Å². The van der Waals surface area contributed by atoms with E-state index in [2.05, 4.69) is 49.5 Å². The Kier molecular flexibility index (Phi) is 7.69. The van der Waals surface area contributed by atoms with E-state index in [9.17, 15) is 0 Å². The van der Waals surface area contributed by atoms with Gasteiger partial charge in [0.15, 0.2) is 0 Å². The predicted molar refractivity (Wildman–Crippen MR) is 73.3 cm³/mol. The summed E-state index contributed by atoms with van der Waals surface area (Å²) in [6, 6.07) is 10.6. The van der Waals surface area contributed by atoms with E-state index >= 15 is 0 Å². The van der Waals surface area contributed by atoms with Crippen LogP contribution in [0.4, 0.5) is 0 Å². The van der Waals surface area contributed by atoms with Gasteiger partial charge in [0.2, 0.25) is 0 Å². The second-order valence-electron chi connectivity index (χ2n) is 4.41. The van der Waals surface area contributed by atoms with Crippen molar-refractivity contribution in [2.45, 2.75) is 39.2 Å². The van der Waals surface area contributed by atoms with Crippen molar-refractivity contribution in [2.75, 3.05) is 19.7 Å². The topological polar surface area (TPSA) is 21.3 Å². The fourth-order valence-electron chi connectivity index (χ4n) is 1.77. The van der Waals surface area contributed by atoms with Gasteiger partial charge in [-0.1, -0.05) is 37.3 Å². The van der Waals surface area contributed by atoms with Crippen molar-refractivity contribution in [3.05, 3.63) is 35.9 Å². The average Bonchev–Trinajstić information content (AvgIpc) is 2.36. The fraction of sp³-hybridized carbons (Fsp3) is 0.600. The van der Waals surface area contributed by atoms with E-state index in [0.717, 1.165) is 39.0 Å². The average molecular weight is 235 g/mol. The smallest absolute Gasteiger partial charge is 0.0559 e. The summed E-state index contributed by atoms with van der Waals surface area (Å²) in [6.45, 7) is 7.24. The van der Waals surface area contributed by atoms with Crippen molar-refractivity contribution in [1.82, 2.24) is 5.32 Å². The number of aryl methyl sites for hydroxylation is 1.